The summed E-state index contributed by atoms with van der Waals surface area (Å²) in [5, 5.41) is 20.2. The van der Waals surface area contributed by atoms with Crippen molar-refractivity contribution >= 4 is 12.1 Å². The fourth-order valence-electron chi connectivity index (χ4n) is 3.64. The summed E-state index contributed by atoms with van der Waals surface area (Å²) in [7, 11) is 1.75. The van der Waals surface area contributed by atoms with Crippen LogP contribution in [0.3, 0.4) is 0 Å². The van der Waals surface area contributed by atoms with Gasteiger partial charge in [-0.2, -0.15) is 0 Å². The summed E-state index contributed by atoms with van der Waals surface area (Å²) < 4.78 is 12.7. The molecule has 0 radical (unpaired) electrons. The van der Waals surface area contributed by atoms with Gasteiger partial charge >= 0.3 is 12.1 Å². The normalized spacial score (nSPS) is 18.4. The van der Waals surface area contributed by atoms with Crippen molar-refractivity contribution in [3.8, 4) is 17.1 Å². The molecule has 3 rings (SSSR count). The number of pyridine rings is 1. The zero-order chi connectivity index (χ0) is 22.4. The number of alkyl carbamates (subject to hydrolysis) is 1. The number of ether oxygens (including phenoxy) is 2. The second-order valence-corrected chi connectivity index (χ2v) is 7.72. The van der Waals surface area contributed by atoms with Crippen molar-refractivity contribution in [2.45, 2.75) is 58.6 Å². The molecule has 1 aliphatic carbocycles. The average Bonchev–Trinajstić information content (AvgIpc) is 3.12. The minimum atomic E-state index is -0.763. The molecule has 1 aliphatic rings. The quantitative estimate of drug-likeness (QED) is 0.653. The van der Waals surface area contributed by atoms with E-state index in [1.165, 1.54) is 0 Å². The van der Waals surface area contributed by atoms with Gasteiger partial charge in [0, 0.05) is 7.05 Å². The highest BCUT2D eigenvalue weighted by molar-refractivity contribution is 5.70. The Labute approximate surface area is 181 Å². The van der Waals surface area contributed by atoms with Crippen molar-refractivity contribution in [1.29, 1.82) is 0 Å². The summed E-state index contributed by atoms with van der Waals surface area (Å²) in [4.78, 5) is 27.7. The van der Waals surface area contributed by atoms with Gasteiger partial charge in [-0.05, 0) is 51.2 Å². The lowest BCUT2D eigenvalue weighted by atomic mass is 9.87. The van der Waals surface area contributed by atoms with Crippen LogP contribution < -0.4 is 10.1 Å². The van der Waals surface area contributed by atoms with Gasteiger partial charge in [0.15, 0.2) is 0 Å². The maximum absolute atomic E-state index is 11.8. The lowest BCUT2D eigenvalue weighted by molar-refractivity contribution is -0.143. The van der Waals surface area contributed by atoms with Crippen LogP contribution in [0.5, 0.6) is 5.75 Å². The smallest absolute Gasteiger partial charge is 0.407 e. The number of carboxylic acid groups (broad SMARTS) is 1. The van der Waals surface area contributed by atoms with Crippen molar-refractivity contribution in [2.24, 2.45) is 13.0 Å². The third-order valence-electron chi connectivity index (χ3n) is 5.33. The molecule has 1 saturated carbocycles. The van der Waals surface area contributed by atoms with Crippen LogP contribution >= 0.6 is 0 Å². The van der Waals surface area contributed by atoms with E-state index < -0.39 is 12.1 Å². The van der Waals surface area contributed by atoms with Crippen LogP contribution in [0.25, 0.3) is 11.4 Å². The molecule has 2 N–H and O–H groups in total. The van der Waals surface area contributed by atoms with Gasteiger partial charge in [-0.3, -0.25) is 4.79 Å². The van der Waals surface area contributed by atoms with Gasteiger partial charge in [0.1, 0.15) is 11.4 Å². The van der Waals surface area contributed by atoms with Crippen LogP contribution in [-0.2, 0) is 23.1 Å². The lowest BCUT2D eigenvalue weighted by Crippen LogP contribution is -2.29. The molecule has 0 aromatic carbocycles. The largest absolute Gasteiger partial charge is 0.489 e. The van der Waals surface area contributed by atoms with Gasteiger partial charge in [-0.25, -0.2) is 14.5 Å². The number of amides is 1. The maximum atomic E-state index is 11.8. The molecule has 1 fully saturated rings. The molecule has 1 amide bonds. The third-order valence-corrected chi connectivity index (χ3v) is 5.33. The Morgan fingerprint density at radius 3 is 2.84 bits per heavy atom. The molecule has 2 atom stereocenters. The fourth-order valence-corrected chi connectivity index (χ4v) is 3.64. The molecular formula is C21H29N5O5. The van der Waals surface area contributed by atoms with Crippen LogP contribution in [0.4, 0.5) is 4.79 Å². The summed E-state index contributed by atoms with van der Waals surface area (Å²) in [6.45, 7) is 4.33. The highest BCUT2D eigenvalue weighted by Crippen LogP contribution is 2.30. The Kier molecular flexibility index (Phi) is 7.43. The van der Waals surface area contributed by atoms with Crippen molar-refractivity contribution in [3.63, 3.8) is 0 Å². The van der Waals surface area contributed by atoms with Crippen LogP contribution in [0.15, 0.2) is 12.1 Å². The minimum absolute atomic E-state index is 0.133. The van der Waals surface area contributed by atoms with E-state index in [1.54, 1.807) is 17.8 Å². The number of aryl methyl sites for hydroxylation is 2. The van der Waals surface area contributed by atoms with Crippen molar-refractivity contribution in [1.82, 2.24) is 25.3 Å². The van der Waals surface area contributed by atoms with Gasteiger partial charge in [-0.1, -0.05) is 12.1 Å². The predicted molar refractivity (Wildman–Crippen MR) is 111 cm³/mol. The van der Waals surface area contributed by atoms with E-state index in [9.17, 15) is 14.7 Å². The molecule has 0 aliphatic heterocycles. The molecule has 0 spiro atoms. The molecule has 10 nitrogen and oxygen atoms in total. The molecule has 2 aromatic heterocycles. The van der Waals surface area contributed by atoms with Gasteiger partial charge in [0.2, 0.25) is 0 Å². The predicted octanol–water partition coefficient (Wildman–Crippen LogP) is 2.84. The Bertz CT molecular complexity index is 929. The zero-order valence-corrected chi connectivity index (χ0v) is 18.1. The molecular weight excluding hydrogens is 402 g/mol. The van der Waals surface area contributed by atoms with Crippen LogP contribution in [-0.4, -0.2) is 49.9 Å². The summed E-state index contributed by atoms with van der Waals surface area (Å²) in [5.41, 5.74) is 2.56. The lowest BCUT2D eigenvalue weighted by Gasteiger charge is -2.27. The van der Waals surface area contributed by atoms with E-state index in [4.69, 9.17) is 9.47 Å². The molecule has 31 heavy (non-hydrogen) atoms. The zero-order valence-electron chi connectivity index (χ0n) is 18.1. The van der Waals surface area contributed by atoms with Gasteiger partial charge in [0.05, 0.1) is 42.3 Å². The molecule has 0 saturated heterocycles. The highest BCUT2D eigenvalue weighted by Gasteiger charge is 2.28. The number of hydrogen-bond donors (Lipinski definition) is 2. The summed E-state index contributed by atoms with van der Waals surface area (Å²) in [6.07, 6.45) is 3.00. The number of hydrogen-bond acceptors (Lipinski definition) is 7. The van der Waals surface area contributed by atoms with Crippen LogP contribution in [0, 0.1) is 12.8 Å². The second-order valence-electron chi connectivity index (χ2n) is 7.72. The Hall–Kier alpha value is -3.17. The first kappa shape index (κ1) is 22.5. The molecule has 2 heterocycles. The molecule has 168 valence electrons. The summed E-state index contributed by atoms with van der Waals surface area (Å²) in [6, 6.07) is 3.62. The van der Waals surface area contributed by atoms with E-state index in [1.807, 2.05) is 19.9 Å². The van der Waals surface area contributed by atoms with Crippen LogP contribution in [0.1, 0.15) is 50.4 Å². The van der Waals surface area contributed by atoms with E-state index in [0.29, 0.717) is 48.0 Å². The average molecular weight is 431 g/mol. The van der Waals surface area contributed by atoms with E-state index in [-0.39, 0.29) is 18.6 Å². The highest BCUT2D eigenvalue weighted by atomic mass is 16.5. The first-order chi connectivity index (χ1) is 14.9. The molecule has 1 unspecified atom stereocenters. The molecule has 10 heteroatoms. The van der Waals surface area contributed by atoms with Gasteiger partial charge < -0.3 is 19.9 Å². The summed E-state index contributed by atoms with van der Waals surface area (Å²) >= 11 is 0. The standard InChI is InChI=1S/C21H29N5O5/c1-4-10-30-21(29)22-12-17-19(24-25-26(17)3)16-8-9-18(13(2)23-16)31-15-7-5-6-14(11-15)20(27)28/h8-9,14-15H,4-7,10-12H2,1-3H3,(H,22,29)(H,27,28)/t14?,15-/m0/s1. The maximum Gasteiger partial charge on any atom is 0.407 e. The number of carboxylic acids is 1. The summed E-state index contributed by atoms with van der Waals surface area (Å²) in [5.74, 6) is -0.489. The number of rotatable bonds is 8. The molecule has 2 aromatic rings. The number of nitrogens with zero attached hydrogens (tertiary/aromatic N) is 4. The van der Waals surface area contributed by atoms with Crippen molar-refractivity contribution in [3.05, 3.63) is 23.5 Å². The number of nitrogens with one attached hydrogen (secondary N) is 1. The second kappa shape index (κ2) is 10.2. The first-order valence-electron chi connectivity index (χ1n) is 10.6. The van der Waals surface area contributed by atoms with Crippen molar-refractivity contribution < 1.29 is 24.2 Å². The topological polar surface area (TPSA) is 128 Å². The Morgan fingerprint density at radius 1 is 1.32 bits per heavy atom. The Morgan fingerprint density at radius 2 is 2.13 bits per heavy atom. The van der Waals surface area contributed by atoms with Crippen molar-refractivity contribution in [2.75, 3.05) is 6.61 Å². The first-order valence-corrected chi connectivity index (χ1v) is 10.6. The number of carbonyl (C=O) groups excluding carboxylic acids is 1. The Balaban J connectivity index is 1.70. The van der Waals surface area contributed by atoms with E-state index in [2.05, 4.69) is 20.6 Å². The van der Waals surface area contributed by atoms with Gasteiger partial charge in [0.25, 0.3) is 0 Å². The third kappa shape index (κ3) is 5.71. The fraction of sp³-hybridized carbons (Fsp3) is 0.571. The van der Waals surface area contributed by atoms with E-state index >= 15 is 0 Å². The minimum Gasteiger partial charge on any atom is -0.489 e. The van der Waals surface area contributed by atoms with Gasteiger partial charge in [-0.15, -0.1) is 5.10 Å². The van der Waals surface area contributed by atoms with E-state index in [0.717, 1.165) is 19.3 Å². The number of aliphatic carboxylic acids is 1. The number of carbonyl (C=O) groups is 2. The SMILES string of the molecule is CCCOC(=O)NCc1c(-c2ccc(O[C@H]3CCCC(C(=O)O)C3)c(C)n2)nnn1C. The van der Waals surface area contributed by atoms with Crippen LogP contribution in [0.2, 0.25) is 0 Å². The monoisotopic (exact) mass is 431 g/mol. The number of aromatic nitrogens is 4. The molecule has 0 bridgehead atoms.